The van der Waals surface area contributed by atoms with Gasteiger partial charge >= 0.3 is 0 Å². The van der Waals surface area contributed by atoms with E-state index in [2.05, 4.69) is 15.9 Å². The lowest BCUT2D eigenvalue weighted by Crippen LogP contribution is -2.22. The van der Waals surface area contributed by atoms with Crippen LogP contribution in [0.4, 0.5) is 10.1 Å². The van der Waals surface area contributed by atoms with Gasteiger partial charge in [-0.25, -0.2) is 4.39 Å². The Labute approximate surface area is 125 Å². The summed E-state index contributed by atoms with van der Waals surface area (Å²) in [6.07, 6.45) is 0. The molecular formula is C15H15BrFN3. The van der Waals surface area contributed by atoms with E-state index in [1.165, 1.54) is 12.1 Å². The van der Waals surface area contributed by atoms with Crippen molar-refractivity contribution in [3.63, 3.8) is 0 Å². The molecule has 2 rings (SSSR count). The number of amidine groups is 1. The Bertz CT molecular complexity index is 643. The van der Waals surface area contributed by atoms with Crippen LogP contribution in [-0.4, -0.2) is 12.9 Å². The van der Waals surface area contributed by atoms with Crippen LogP contribution in [0.3, 0.4) is 0 Å². The van der Waals surface area contributed by atoms with Crippen LogP contribution in [0.5, 0.6) is 0 Å². The molecule has 2 aromatic rings. The molecule has 0 aliphatic rings. The van der Waals surface area contributed by atoms with Gasteiger partial charge in [0.2, 0.25) is 0 Å². The number of nitrogens with one attached hydrogen (secondary N) is 1. The molecule has 0 radical (unpaired) electrons. The Morgan fingerprint density at radius 2 is 2.00 bits per heavy atom. The maximum Gasteiger partial charge on any atom is 0.126 e. The second-order valence-electron chi connectivity index (χ2n) is 4.53. The van der Waals surface area contributed by atoms with Crippen LogP contribution < -0.4 is 10.6 Å². The number of hydrogen-bond donors (Lipinski definition) is 2. The van der Waals surface area contributed by atoms with Gasteiger partial charge < -0.3 is 10.6 Å². The lowest BCUT2D eigenvalue weighted by Gasteiger charge is -2.23. The quantitative estimate of drug-likeness (QED) is 0.663. The Balaban J connectivity index is 2.32. The fourth-order valence-corrected chi connectivity index (χ4v) is 2.66. The van der Waals surface area contributed by atoms with E-state index in [4.69, 9.17) is 11.1 Å². The smallest absolute Gasteiger partial charge is 0.126 e. The molecule has 0 heterocycles. The van der Waals surface area contributed by atoms with E-state index in [-0.39, 0.29) is 11.7 Å². The second kappa shape index (κ2) is 6.05. The molecule has 5 heteroatoms. The molecule has 20 heavy (non-hydrogen) atoms. The minimum atomic E-state index is -0.253. The fourth-order valence-electron chi connectivity index (χ4n) is 2.09. The van der Waals surface area contributed by atoms with Crippen molar-refractivity contribution in [1.82, 2.24) is 0 Å². The number of benzene rings is 2. The minimum absolute atomic E-state index is 0.00133. The molecule has 0 aliphatic carbocycles. The highest BCUT2D eigenvalue weighted by Crippen LogP contribution is 2.27. The first-order valence-electron chi connectivity index (χ1n) is 6.07. The van der Waals surface area contributed by atoms with E-state index in [0.717, 1.165) is 15.7 Å². The summed E-state index contributed by atoms with van der Waals surface area (Å²) in [6, 6.07) is 12.1. The second-order valence-corrected chi connectivity index (χ2v) is 5.39. The van der Waals surface area contributed by atoms with Crippen molar-refractivity contribution in [1.29, 1.82) is 5.41 Å². The maximum absolute atomic E-state index is 13.2. The van der Waals surface area contributed by atoms with Gasteiger partial charge in [-0.3, -0.25) is 5.41 Å². The third-order valence-corrected chi connectivity index (χ3v) is 3.64. The average Bonchev–Trinajstić information content (AvgIpc) is 2.37. The fraction of sp³-hybridized carbons (Fsp3) is 0.133. The number of nitrogen functional groups attached to an aromatic ring is 1. The number of nitrogens with zero attached hydrogens (tertiary/aromatic N) is 1. The molecule has 0 spiro atoms. The molecule has 0 saturated heterocycles. The molecule has 0 saturated carbocycles. The van der Waals surface area contributed by atoms with Crippen molar-refractivity contribution in [3.8, 4) is 0 Å². The Morgan fingerprint density at radius 1 is 1.30 bits per heavy atom. The third kappa shape index (κ3) is 3.17. The Hall–Kier alpha value is -1.88. The number of rotatable bonds is 4. The predicted octanol–water partition coefficient (Wildman–Crippen LogP) is 3.51. The van der Waals surface area contributed by atoms with Crippen LogP contribution in [0.1, 0.15) is 11.1 Å². The average molecular weight is 336 g/mol. The SMILES string of the molecule is CN(Cc1cccc(F)c1)c1cccc(Br)c1C(=N)N. The van der Waals surface area contributed by atoms with E-state index >= 15 is 0 Å². The predicted molar refractivity (Wildman–Crippen MR) is 83.7 cm³/mol. The zero-order valence-corrected chi connectivity index (χ0v) is 12.6. The normalized spacial score (nSPS) is 10.3. The van der Waals surface area contributed by atoms with Gasteiger partial charge in [-0.05, 0) is 45.8 Å². The zero-order chi connectivity index (χ0) is 14.7. The monoisotopic (exact) mass is 335 g/mol. The van der Waals surface area contributed by atoms with E-state index in [9.17, 15) is 4.39 Å². The number of nitrogens with two attached hydrogens (primary N) is 1. The Kier molecular flexibility index (Phi) is 4.39. The van der Waals surface area contributed by atoms with Crippen molar-refractivity contribution in [2.45, 2.75) is 6.54 Å². The van der Waals surface area contributed by atoms with Crippen LogP contribution in [0.25, 0.3) is 0 Å². The number of halogens is 2. The lowest BCUT2D eigenvalue weighted by atomic mass is 10.1. The van der Waals surface area contributed by atoms with Crippen LogP contribution >= 0.6 is 15.9 Å². The summed E-state index contributed by atoms with van der Waals surface area (Å²) in [5.74, 6) is -0.254. The summed E-state index contributed by atoms with van der Waals surface area (Å²) in [7, 11) is 1.89. The zero-order valence-electron chi connectivity index (χ0n) is 11.0. The van der Waals surface area contributed by atoms with Gasteiger partial charge in [-0.15, -0.1) is 0 Å². The van der Waals surface area contributed by atoms with Gasteiger partial charge in [0.25, 0.3) is 0 Å². The molecule has 104 valence electrons. The lowest BCUT2D eigenvalue weighted by molar-refractivity contribution is 0.625. The van der Waals surface area contributed by atoms with Crippen LogP contribution in [-0.2, 0) is 6.54 Å². The summed E-state index contributed by atoms with van der Waals surface area (Å²) < 4.78 is 14.0. The van der Waals surface area contributed by atoms with Crippen molar-refractivity contribution in [2.24, 2.45) is 5.73 Å². The van der Waals surface area contributed by atoms with E-state index in [1.54, 1.807) is 6.07 Å². The summed E-state index contributed by atoms with van der Waals surface area (Å²) in [5, 5.41) is 7.69. The third-order valence-electron chi connectivity index (χ3n) is 2.98. The van der Waals surface area contributed by atoms with Gasteiger partial charge in [0.15, 0.2) is 0 Å². The maximum atomic E-state index is 13.2. The van der Waals surface area contributed by atoms with E-state index < -0.39 is 0 Å². The van der Waals surface area contributed by atoms with Gasteiger partial charge in [0.1, 0.15) is 11.7 Å². The molecule has 0 atom stereocenters. The molecule has 0 aliphatic heterocycles. The number of hydrogen-bond acceptors (Lipinski definition) is 2. The molecule has 3 nitrogen and oxygen atoms in total. The van der Waals surface area contributed by atoms with Crippen molar-refractivity contribution in [2.75, 3.05) is 11.9 Å². The minimum Gasteiger partial charge on any atom is -0.384 e. The highest BCUT2D eigenvalue weighted by Gasteiger charge is 2.13. The largest absolute Gasteiger partial charge is 0.384 e. The van der Waals surface area contributed by atoms with Crippen LogP contribution in [0, 0.1) is 11.2 Å². The van der Waals surface area contributed by atoms with Crippen molar-refractivity contribution >= 4 is 27.5 Å². The summed E-state index contributed by atoms with van der Waals surface area (Å²) in [4.78, 5) is 1.94. The Morgan fingerprint density at radius 3 is 2.65 bits per heavy atom. The topological polar surface area (TPSA) is 53.1 Å². The number of anilines is 1. The molecule has 2 aromatic carbocycles. The van der Waals surface area contributed by atoms with Gasteiger partial charge in [0, 0.05) is 23.8 Å². The van der Waals surface area contributed by atoms with Gasteiger partial charge in [0.05, 0.1) is 5.56 Å². The first kappa shape index (κ1) is 14.5. The molecule has 0 amide bonds. The summed E-state index contributed by atoms with van der Waals surface area (Å²) in [5.41, 5.74) is 7.97. The highest BCUT2D eigenvalue weighted by atomic mass is 79.9. The first-order valence-corrected chi connectivity index (χ1v) is 6.87. The molecule has 0 unspecified atom stereocenters. The molecule has 0 bridgehead atoms. The summed E-state index contributed by atoms with van der Waals surface area (Å²) >= 11 is 3.41. The van der Waals surface area contributed by atoms with Crippen molar-refractivity contribution < 1.29 is 4.39 Å². The van der Waals surface area contributed by atoms with Gasteiger partial charge in [-0.1, -0.05) is 18.2 Å². The van der Waals surface area contributed by atoms with E-state index in [1.807, 2.05) is 36.2 Å². The standard InChI is InChI=1S/C15H15BrFN3/c1-20(9-10-4-2-5-11(17)8-10)13-7-3-6-12(16)14(13)15(18)19/h2-8H,9H2,1H3,(H3,18,19). The van der Waals surface area contributed by atoms with Crippen molar-refractivity contribution in [3.05, 3.63) is 63.9 Å². The molecular weight excluding hydrogens is 321 g/mol. The molecule has 3 N–H and O–H groups in total. The highest BCUT2D eigenvalue weighted by molar-refractivity contribution is 9.10. The van der Waals surface area contributed by atoms with Crippen LogP contribution in [0.2, 0.25) is 0 Å². The van der Waals surface area contributed by atoms with E-state index in [0.29, 0.717) is 12.1 Å². The molecule has 0 fully saturated rings. The molecule has 0 aromatic heterocycles. The first-order chi connectivity index (χ1) is 9.49. The van der Waals surface area contributed by atoms with Crippen LogP contribution in [0.15, 0.2) is 46.9 Å². The van der Waals surface area contributed by atoms with Gasteiger partial charge in [-0.2, -0.15) is 0 Å². The summed E-state index contributed by atoms with van der Waals surface area (Å²) in [6.45, 7) is 0.536.